The van der Waals surface area contributed by atoms with Crippen LogP contribution in [0.15, 0.2) is 16.6 Å². The van der Waals surface area contributed by atoms with Gasteiger partial charge in [-0.05, 0) is 46.9 Å². The number of hydrogen-bond acceptors (Lipinski definition) is 1. The first kappa shape index (κ1) is 10.1. The van der Waals surface area contributed by atoms with Crippen LogP contribution < -0.4 is 5.32 Å². The van der Waals surface area contributed by atoms with Crippen LogP contribution >= 0.6 is 15.9 Å². The minimum atomic E-state index is -0.807. The molecule has 1 atom stereocenters. The summed E-state index contributed by atoms with van der Waals surface area (Å²) in [4.78, 5) is 0. The first-order valence-corrected chi connectivity index (χ1v) is 5.36. The second-order valence-corrected chi connectivity index (χ2v) is 4.21. The summed E-state index contributed by atoms with van der Waals surface area (Å²) in [7, 11) is 0. The summed E-state index contributed by atoms with van der Waals surface area (Å²) in [6.45, 7) is 0.941. The molecule has 1 saturated heterocycles. The third kappa shape index (κ3) is 1.68. The van der Waals surface area contributed by atoms with E-state index in [0.717, 1.165) is 24.9 Å². The Kier molecular flexibility index (Phi) is 2.83. The Labute approximate surface area is 89.6 Å². The van der Waals surface area contributed by atoms with E-state index in [-0.39, 0.29) is 10.5 Å². The molecule has 14 heavy (non-hydrogen) atoms. The van der Waals surface area contributed by atoms with E-state index in [1.807, 2.05) is 0 Å². The third-order valence-electron chi connectivity index (χ3n) is 2.50. The lowest BCUT2D eigenvalue weighted by atomic mass is 10.1. The van der Waals surface area contributed by atoms with Crippen LogP contribution in [0, 0.1) is 11.6 Å². The van der Waals surface area contributed by atoms with Crippen LogP contribution in [-0.2, 0) is 0 Å². The highest BCUT2D eigenvalue weighted by Gasteiger charge is 2.21. The van der Waals surface area contributed by atoms with Crippen molar-refractivity contribution in [2.24, 2.45) is 0 Å². The molecule has 1 aliphatic rings. The van der Waals surface area contributed by atoms with E-state index in [1.54, 1.807) is 6.07 Å². The highest BCUT2D eigenvalue weighted by Crippen LogP contribution is 2.31. The van der Waals surface area contributed by atoms with Crippen molar-refractivity contribution in [1.82, 2.24) is 5.32 Å². The molecule has 1 aromatic carbocycles. The molecule has 0 unspecified atom stereocenters. The van der Waals surface area contributed by atoms with Crippen LogP contribution in [0.1, 0.15) is 24.4 Å². The highest BCUT2D eigenvalue weighted by molar-refractivity contribution is 9.10. The van der Waals surface area contributed by atoms with Gasteiger partial charge in [0.25, 0.3) is 0 Å². The van der Waals surface area contributed by atoms with E-state index in [0.29, 0.717) is 0 Å². The number of rotatable bonds is 1. The normalized spacial score (nSPS) is 21.5. The molecule has 1 aromatic rings. The van der Waals surface area contributed by atoms with E-state index in [9.17, 15) is 8.78 Å². The molecule has 1 aliphatic heterocycles. The zero-order valence-corrected chi connectivity index (χ0v) is 9.07. The van der Waals surface area contributed by atoms with E-state index >= 15 is 0 Å². The Balaban J connectivity index is 2.38. The fourth-order valence-corrected chi connectivity index (χ4v) is 2.36. The van der Waals surface area contributed by atoms with E-state index in [2.05, 4.69) is 21.2 Å². The summed E-state index contributed by atoms with van der Waals surface area (Å²) in [5.74, 6) is -1.60. The van der Waals surface area contributed by atoms with E-state index in [1.165, 1.54) is 6.07 Å². The van der Waals surface area contributed by atoms with Crippen molar-refractivity contribution in [2.75, 3.05) is 6.54 Å². The minimum absolute atomic E-state index is 0.152. The Morgan fingerprint density at radius 3 is 2.79 bits per heavy atom. The van der Waals surface area contributed by atoms with Gasteiger partial charge in [-0.2, -0.15) is 0 Å². The Hall–Kier alpha value is -0.480. The molecule has 4 heteroatoms. The quantitative estimate of drug-likeness (QED) is 0.766. The van der Waals surface area contributed by atoms with Gasteiger partial charge < -0.3 is 5.32 Å². The second-order valence-electron chi connectivity index (χ2n) is 3.41. The Morgan fingerprint density at radius 2 is 2.14 bits per heavy atom. The van der Waals surface area contributed by atoms with E-state index < -0.39 is 11.6 Å². The van der Waals surface area contributed by atoms with Gasteiger partial charge in [-0.25, -0.2) is 8.78 Å². The molecule has 0 spiro atoms. The van der Waals surface area contributed by atoms with Gasteiger partial charge in [-0.15, -0.1) is 0 Å². The van der Waals surface area contributed by atoms with Crippen LogP contribution in [0.5, 0.6) is 0 Å². The first-order valence-electron chi connectivity index (χ1n) is 4.57. The lowest BCUT2D eigenvalue weighted by Gasteiger charge is -2.13. The predicted molar refractivity (Wildman–Crippen MR) is 54.0 cm³/mol. The largest absolute Gasteiger partial charge is 0.310 e. The molecule has 0 aliphatic carbocycles. The van der Waals surface area contributed by atoms with Gasteiger partial charge in [0.1, 0.15) is 0 Å². The maximum absolute atomic E-state index is 13.2. The zero-order chi connectivity index (χ0) is 10.1. The van der Waals surface area contributed by atoms with Gasteiger partial charge in [0.2, 0.25) is 0 Å². The number of benzene rings is 1. The molecule has 2 rings (SSSR count). The second kappa shape index (κ2) is 3.95. The monoisotopic (exact) mass is 261 g/mol. The maximum Gasteiger partial charge on any atom is 0.173 e. The fraction of sp³-hybridized carbons (Fsp3) is 0.400. The smallest absolute Gasteiger partial charge is 0.173 e. The van der Waals surface area contributed by atoms with Gasteiger partial charge in [-0.1, -0.05) is 6.07 Å². The summed E-state index contributed by atoms with van der Waals surface area (Å²) in [5.41, 5.74) is 0.807. The molecule has 1 heterocycles. The SMILES string of the molecule is Fc1ccc([C@@H]2CCCN2)c(Br)c1F. The van der Waals surface area contributed by atoms with Gasteiger partial charge >= 0.3 is 0 Å². The molecule has 0 aromatic heterocycles. The first-order chi connectivity index (χ1) is 6.70. The molecule has 76 valence electrons. The average molecular weight is 262 g/mol. The minimum Gasteiger partial charge on any atom is -0.310 e. The van der Waals surface area contributed by atoms with Crippen LogP contribution in [0.4, 0.5) is 8.78 Å². The third-order valence-corrected chi connectivity index (χ3v) is 3.31. The molecule has 0 saturated carbocycles. The van der Waals surface area contributed by atoms with Crippen molar-refractivity contribution in [3.8, 4) is 0 Å². The molecule has 0 amide bonds. The molecule has 0 radical (unpaired) electrons. The van der Waals surface area contributed by atoms with Crippen LogP contribution in [0.3, 0.4) is 0 Å². The van der Waals surface area contributed by atoms with Gasteiger partial charge in [0.05, 0.1) is 4.47 Å². The van der Waals surface area contributed by atoms with Gasteiger partial charge in [0.15, 0.2) is 11.6 Å². The average Bonchev–Trinajstić information content (AvgIpc) is 2.67. The topological polar surface area (TPSA) is 12.0 Å². The molecule has 0 bridgehead atoms. The summed E-state index contributed by atoms with van der Waals surface area (Å²) in [5, 5.41) is 3.24. The predicted octanol–water partition coefficient (Wildman–Crippen LogP) is 3.15. The molecule has 1 nitrogen and oxygen atoms in total. The summed E-state index contributed by atoms with van der Waals surface area (Å²) in [6, 6.07) is 2.96. The van der Waals surface area contributed by atoms with Crippen LogP contribution in [0.25, 0.3) is 0 Å². The molecular weight excluding hydrogens is 252 g/mol. The maximum atomic E-state index is 13.2. The highest BCUT2D eigenvalue weighted by atomic mass is 79.9. The van der Waals surface area contributed by atoms with Gasteiger partial charge in [-0.3, -0.25) is 0 Å². The fourth-order valence-electron chi connectivity index (χ4n) is 1.76. The molecular formula is C10H10BrF2N. The number of nitrogens with one attached hydrogen (secondary N) is 1. The lowest BCUT2D eigenvalue weighted by Crippen LogP contribution is -2.14. The molecule has 1 N–H and O–H groups in total. The summed E-state index contributed by atoms with van der Waals surface area (Å²) < 4.78 is 26.3. The summed E-state index contributed by atoms with van der Waals surface area (Å²) >= 11 is 3.09. The van der Waals surface area contributed by atoms with Gasteiger partial charge in [0, 0.05) is 6.04 Å². The van der Waals surface area contributed by atoms with Crippen molar-refractivity contribution in [2.45, 2.75) is 18.9 Å². The number of halogens is 3. The lowest BCUT2D eigenvalue weighted by molar-refractivity contribution is 0.498. The molecule has 1 fully saturated rings. The van der Waals surface area contributed by atoms with Crippen molar-refractivity contribution in [1.29, 1.82) is 0 Å². The zero-order valence-electron chi connectivity index (χ0n) is 7.49. The Bertz CT molecular complexity index is 348. The van der Waals surface area contributed by atoms with Crippen LogP contribution in [-0.4, -0.2) is 6.54 Å². The van der Waals surface area contributed by atoms with Crippen molar-refractivity contribution in [3.05, 3.63) is 33.8 Å². The number of hydrogen-bond donors (Lipinski definition) is 1. The van der Waals surface area contributed by atoms with Crippen molar-refractivity contribution in [3.63, 3.8) is 0 Å². The standard InChI is InChI=1S/C10H10BrF2N/c11-9-6(8-2-1-5-14-8)3-4-7(12)10(9)13/h3-4,8,14H,1-2,5H2/t8-/m0/s1. The summed E-state index contributed by atoms with van der Waals surface area (Å²) in [6.07, 6.45) is 2.06. The van der Waals surface area contributed by atoms with Crippen molar-refractivity contribution < 1.29 is 8.78 Å². The van der Waals surface area contributed by atoms with Crippen LogP contribution in [0.2, 0.25) is 0 Å². The van der Waals surface area contributed by atoms with Crippen molar-refractivity contribution >= 4 is 15.9 Å². The Morgan fingerprint density at radius 1 is 1.36 bits per heavy atom. The van der Waals surface area contributed by atoms with E-state index in [4.69, 9.17) is 0 Å².